The Morgan fingerprint density at radius 3 is 2.00 bits per heavy atom. The summed E-state index contributed by atoms with van der Waals surface area (Å²) in [5.74, 6) is -2.87. The summed E-state index contributed by atoms with van der Waals surface area (Å²) in [6, 6.07) is 6.79. The van der Waals surface area contributed by atoms with Crippen LogP contribution < -0.4 is 5.73 Å². The van der Waals surface area contributed by atoms with Crippen molar-refractivity contribution in [2.45, 2.75) is 10.8 Å². The Balaban J connectivity index is 2.68. The van der Waals surface area contributed by atoms with Crippen LogP contribution in [0.3, 0.4) is 0 Å². The molecule has 0 radical (unpaired) electrons. The zero-order valence-electron chi connectivity index (χ0n) is 14.7. The van der Waals surface area contributed by atoms with Crippen LogP contribution >= 0.6 is 10.2 Å². The number of aryl methyl sites for hydroxylation is 1. The fraction of sp³-hybridized carbons (Fsp3) is 0.176. The number of hydrogen-bond acceptors (Lipinski definition) is 5. The molecule has 0 amide bonds. The third-order valence-electron chi connectivity index (χ3n) is 4.03. The highest BCUT2D eigenvalue weighted by Gasteiger charge is 2.65. The maximum atomic E-state index is 13.0. The van der Waals surface area contributed by atoms with Crippen molar-refractivity contribution in [3.63, 3.8) is 0 Å². The number of nitrogens with zero attached hydrogens (tertiary/aromatic N) is 5. The molecule has 0 aliphatic heterocycles. The second-order valence-electron chi connectivity index (χ2n) is 6.09. The monoisotopic (exact) mass is 428 g/mol. The molecule has 1 unspecified atom stereocenters. The van der Waals surface area contributed by atoms with Crippen LogP contribution in [-0.2, 0) is 7.05 Å². The number of halogens is 5. The fourth-order valence-electron chi connectivity index (χ4n) is 2.65. The summed E-state index contributed by atoms with van der Waals surface area (Å²) in [7, 11) is -8.32. The van der Waals surface area contributed by atoms with E-state index in [1.165, 1.54) is 17.1 Å². The molecule has 0 saturated carbocycles. The molecule has 152 valence electrons. The summed E-state index contributed by atoms with van der Waals surface area (Å²) >= 11 is 0. The maximum Gasteiger partial charge on any atom is 0.310 e. The van der Waals surface area contributed by atoms with Crippen LogP contribution in [0.2, 0.25) is 0 Å². The molecule has 0 aliphatic rings. The molecular formula is C17H13F5N6S. The molecule has 2 aromatic rings. The number of aromatic nitrogens is 2. The van der Waals surface area contributed by atoms with Gasteiger partial charge in [0.05, 0.1) is 41.6 Å². The second-order valence-corrected chi connectivity index (χ2v) is 8.50. The lowest BCUT2D eigenvalue weighted by Gasteiger charge is -2.40. The van der Waals surface area contributed by atoms with Gasteiger partial charge < -0.3 is 5.73 Å². The molecule has 0 spiro atoms. The standard InChI is InChI=1S/C17H13F5N6S/c1-28-10-13(9-27-28)17(26)15(8-25)16(12(6-23)7-24)11-2-4-14(5-3-11)29(18,19,20,21)22/h2-5,9-10,12,16H,26H2,1H3/b17-15-. The molecule has 0 saturated heterocycles. The molecule has 1 heterocycles. The van der Waals surface area contributed by atoms with Gasteiger partial charge in [0.1, 0.15) is 10.8 Å². The lowest BCUT2D eigenvalue weighted by Crippen LogP contribution is -2.16. The average Bonchev–Trinajstić information content (AvgIpc) is 3.06. The number of rotatable bonds is 5. The third-order valence-corrected chi connectivity index (χ3v) is 5.20. The zero-order valence-corrected chi connectivity index (χ0v) is 15.5. The predicted octanol–water partition coefficient (Wildman–Crippen LogP) is 4.72. The Morgan fingerprint density at radius 1 is 1.07 bits per heavy atom. The van der Waals surface area contributed by atoms with Crippen molar-refractivity contribution >= 4 is 15.9 Å². The lowest BCUT2D eigenvalue weighted by atomic mass is 9.80. The van der Waals surface area contributed by atoms with Gasteiger partial charge in [0.15, 0.2) is 0 Å². The number of nitrogens with two attached hydrogens (primary N) is 1. The number of allylic oxidation sites excluding steroid dienone is 1. The largest absolute Gasteiger partial charge is 0.397 e. The van der Waals surface area contributed by atoms with Gasteiger partial charge in [-0.05, 0) is 17.7 Å². The van der Waals surface area contributed by atoms with Crippen LogP contribution in [0.25, 0.3) is 5.70 Å². The number of hydrogen-bond donors (Lipinski definition) is 1. The van der Waals surface area contributed by atoms with Gasteiger partial charge in [-0.2, -0.15) is 20.9 Å². The van der Waals surface area contributed by atoms with Crippen molar-refractivity contribution in [2.24, 2.45) is 18.7 Å². The molecule has 29 heavy (non-hydrogen) atoms. The van der Waals surface area contributed by atoms with E-state index in [0.717, 1.165) is 0 Å². The van der Waals surface area contributed by atoms with E-state index >= 15 is 0 Å². The van der Waals surface area contributed by atoms with Crippen molar-refractivity contribution in [2.75, 3.05) is 0 Å². The summed E-state index contributed by atoms with van der Waals surface area (Å²) in [6.45, 7) is 0. The first-order valence-electron chi connectivity index (χ1n) is 7.74. The first-order chi connectivity index (χ1) is 13.2. The maximum absolute atomic E-state index is 13.0. The van der Waals surface area contributed by atoms with Crippen LogP contribution in [0.15, 0.2) is 47.1 Å². The van der Waals surface area contributed by atoms with Crippen molar-refractivity contribution in [1.29, 1.82) is 15.8 Å². The third kappa shape index (κ3) is 4.65. The van der Waals surface area contributed by atoms with E-state index < -0.39 is 27.0 Å². The van der Waals surface area contributed by atoms with E-state index in [-0.39, 0.29) is 34.5 Å². The van der Waals surface area contributed by atoms with Gasteiger partial charge >= 0.3 is 10.2 Å². The summed E-state index contributed by atoms with van der Waals surface area (Å²) < 4.78 is 66.1. The molecule has 0 bridgehead atoms. The van der Waals surface area contributed by atoms with Gasteiger partial charge in [0.2, 0.25) is 0 Å². The molecule has 0 fully saturated rings. The van der Waals surface area contributed by atoms with Crippen LogP contribution in [0, 0.1) is 39.9 Å². The highest BCUT2D eigenvalue weighted by Crippen LogP contribution is 3.02. The summed E-state index contributed by atoms with van der Waals surface area (Å²) in [5, 5.41) is 32.0. The first kappa shape index (κ1) is 21.7. The van der Waals surface area contributed by atoms with Crippen molar-refractivity contribution in [1.82, 2.24) is 9.78 Å². The Morgan fingerprint density at radius 2 is 1.62 bits per heavy atom. The fourth-order valence-corrected chi connectivity index (χ4v) is 3.30. The van der Waals surface area contributed by atoms with Crippen molar-refractivity contribution < 1.29 is 19.4 Å². The molecule has 2 N–H and O–H groups in total. The SMILES string of the molecule is Cn1cc(/C(N)=C(\C#N)C(c2ccc(S(F)(F)(F)(F)F)cc2)C(C#N)C#N)cn1. The Labute approximate surface area is 162 Å². The van der Waals surface area contributed by atoms with E-state index in [1.807, 2.05) is 0 Å². The van der Waals surface area contributed by atoms with Crippen LogP contribution in [0.4, 0.5) is 19.4 Å². The van der Waals surface area contributed by atoms with Crippen molar-refractivity contribution in [3.8, 4) is 18.2 Å². The zero-order chi connectivity index (χ0) is 22.1. The minimum absolute atomic E-state index is 0.118. The smallest absolute Gasteiger partial charge is 0.310 e. The highest BCUT2D eigenvalue weighted by atomic mass is 32.5. The second kappa shape index (κ2) is 6.50. The van der Waals surface area contributed by atoms with Crippen molar-refractivity contribution in [3.05, 3.63) is 53.4 Å². The molecule has 1 aromatic heterocycles. The minimum Gasteiger partial charge on any atom is -0.397 e. The van der Waals surface area contributed by atoms with Gasteiger partial charge in [-0.25, -0.2) is 0 Å². The predicted molar refractivity (Wildman–Crippen MR) is 95.2 cm³/mol. The molecular weight excluding hydrogens is 415 g/mol. The molecule has 1 atom stereocenters. The minimum atomic E-state index is -9.90. The summed E-state index contributed by atoms with van der Waals surface area (Å²) in [6.07, 6.45) is 2.77. The topological polar surface area (TPSA) is 115 Å². The van der Waals surface area contributed by atoms with Gasteiger partial charge in [-0.1, -0.05) is 31.6 Å². The van der Waals surface area contributed by atoms with E-state index in [9.17, 15) is 35.2 Å². The van der Waals surface area contributed by atoms with Gasteiger partial charge in [-0.15, -0.1) is 0 Å². The van der Waals surface area contributed by atoms with Gasteiger partial charge in [0, 0.05) is 18.8 Å². The van der Waals surface area contributed by atoms with Crippen LogP contribution in [-0.4, -0.2) is 9.78 Å². The molecule has 6 nitrogen and oxygen atoms in total. The number of benzene rings is 1. The van der Waals surface area contributed by atoms with E-state index in [1.54, 1.807) is 25.3 Å². The average molecular weight is 428 g/mol. The van der Waals surface area contributed by atoms with E-state index in [0.29, 0.717) is 12.1 Å². The Bertz CT molecular complexity index is 1080. The highest BCUT2D eigenvalue weighted by molar-refractivity contribution is 8.45. The molecule has 2 rings (SSSR count). The molecule has 0 aliphatic carbocycles. The lowest BCUT2D eigenvalue weighted by molar-refractivity contribution is 0.364. The van der Waals surface area contributed by atoms with Crippen LogP contribution in [0.5, 0.6) is 0 Å². The van der Waals surface area contributed by atoms with Gasteiger partial charge in [-0.3, -0.25) is 4.68 Å². The quantitative estimate of drug-likeness (QED) is 0.547. The Hall–Kier alpha value is -3.56. The van der Waals surface area contributed by atoms with Gasteiger partial charge in [0.25, 0.3) is 0 Å². The van der Waals surface area contributed by atoms with E-state index in [2.05, 4.69) is 5.10 Å². The molecule has 12 heteroatoms. The summed E-state index contributed by atoms with van der Waals surface area (Å²) in [4.78, 5) is -2.12. The van der Waals surface area contributed by atoms with E-state index in [4.69, 9.17) is 5.73 Å². The normalized spacial score (nSPS) is 15.9. The Kier molecular flexibility index (Phi) is 4.87. The van der Waals surface area contributed by atoms with Crippen LogP contribution in [0.1, 0.15) is 17.0 Å². The summed E-state index contributed by atoms with van der Waals surface area (Å²) in [5.41, 5.74) is 5.73. The first-order valence-corrected chi connectivity index (χ1v) is 9.69. The molecule has 1 aromatic carbocycles. The number of nitriles is 3.